The zero-order valence-electron chi connectivity index (χ0n) is 9.48. The molecule has 92 valence electrons. The van der Waals surface area contributed by atoms with E-state index in [-0.39, 0.29) is 18.7 Å². The molecule has 0 heterocycles. The van der Waals surface area contributed by atoms with Crippen LogP contribution in [-0.2, 0) is 16.1 Å². The van der Waals surface area contributed by atoms with Crippen LogP contribution >= 0.6 is 0 Å². The highest BCUT2D eigenvalue weighted by Crippen LogP contribution is 1.99. The fourth-order valence-corrected chi connectivity index (χ4v) is 1.35. The first-order valence-electron chi connectivity index (χ1n) is 5.46. The number of carbonyl (C=O) groups is 2. The normalized spacial score (nSPS) is 9.71. The molecule has 0 aliphatic rings. The lowest BCUT2D eigenvalue weighted by molar-refractivity contribution is -0.129. The summed E-state index contributed by atoms with van der Waals surface area (Å²) in [6.07, 6.45) is 0.850. The Morgan fingerprint density at radius 2 is 1.71 bits per heavy atom. The van der Waals surface area contributed by atoms with Crippen molar-refractivity contribution in [2.45, 2.75) is 25.8 Å². The van der Waals surface area contributed by atoms with Gasteiger partial charge in [-0.25, -0.2) is 5.48 Å². The summed E-state index contributed by atoms with van der Waals surface area (Å²) >= 11 is 0. The second kappa shape index (κ2) is 7.40. The van der Waals surface area contributed by atoms with Gasteiger partial charge < -0.3 is 5.32 Å². The maximum absolute atomic E-state index is 11.4. The molecule has 1 aromatic carbocycles. The van der Waals surface area contributed by atoms with E-state index in [0.717, 1.165) is 5.56 Å². The van der Waals surface area contributed by atoms with E-state index in [2.05, 4.69) is 5.32 Å². The quantitative estimate of drug-likeness (QED) is 0.509. The predicted octanol–water partition coefficient (Wildman–Crippen LogP) is 0.978. The molecule has 5 heteroatoms. The Labute approximate surface area is 99.8 Å². The zero-order valence-corrected chi connectivity index (χ0v) is 9.48. The van der Waals surface area contributed by atoms with Crippen molar-refractivity contribution in [1.29, 1.82) is 0 Å². The summed E-state index contributed by atoms with van der Waals surface area (Å²) in [5.41, 5.74) is 2.56. The molecule has 0 bridgehead atoms. The van der Waals surface area contributed by atoms with Crippen molar-refractivity contribution in [3.05, 3.63) is 35.9 Å². The molecule has 0 unspecified atom stereocenters. The van der Waals surface area contributed by atoms with E-state index < -0.39 is 5.91 Å². The maximum Gasteiger partial charge on any atom is 0.243 e. The Morgan fingerprint density at radius 3 is 2.35 bits per heavy atom. The van der Waals surface area contributed by atoms with E-state index in [1.807, 2.05) is 30.3 Å². The van der Waals surface area contributed by atoms with Gasteiger partial charge in [-0.2, -0.15) is 0 Å². The lowest BCUT2D eigenvalue weighted by Crippen LogP contribution is -2.23. The van der Waals surface area contributed by atoms with Crippen LogP contribution in [0.5, 0.6) is 0 Å². The molecule has 5 nitrogen and oxygen atoms in total. The SMILES string of the molecule is O=C(CCCC(=O)NCc1ccccc1)NO. The fraction of sp³-hybridized carbons (Fsp3) is 0.333. The van der Waals surface area contributed by atoms with Gasteiger partial charge in [0.15, 0.2) is 0 Å². The first-order valence-corrected chi connectivity index (χ1v) is 5.46. The van der Waals surface area contributed by atoms with Crippen molar-refractivity contribution in [2.24, 2.45) is 0 Å². The minimum atomic E-state index is -0.471. The van der Waals surface area contributed by atoms with Gasteiger partial charge in [-0.15, -0.1) is 0 Å². The average molecular weight is 236 g/mol. The average Bonchev–Trinajstić information content (AvgIpc) is 2.37. The van der Waals surface area contributed by atoms with E-state index in [9.17, 15) is 9.59 Å². The van der Waals surface area contributed by atoms with Gasteiger partial charge in [-0.05, 0) is 12.0 Å². The molecule has 0 atom stereocenters. The summed E-state index contributed by atoms with van der Waals surface area (Å²) in [6.45, 7) is 0.492. The number of hydrogen-bond donors (Lipinski definition) is 3. The van der Waals surface area contributed by atoms with Crippen molar-refractivity contribution in [3.63, 3.8) is 0 Å². The van der Waals surface area contributed by atoms with Gasteiger partial charge in [0.1, 0.15) is 0 Å². The van der Waals surface area contributed by atoms with Gasteiger partial charge >= 0.3 is 0 Å². The fourth-order valence-electron chi connectivity index (χ4n) is 1.35. The minimum Gasteiger partial charge on any atom is -0.352 e. The number of carbonyl (C=O) groups excluding carboxylic acids is 2. The molecule has 0 fully saturated rings. The second-order valence-electron chi connectivity index (χ2n) is 3.65. The van der Waals surface area contributed by atoms with Crippen LogP contribution in [-0.4, -0.2) is 17.0 Å². The lowest BCUT2D eigenvalue weighted by atomic mass is 10.2. The summed E-state index contributed by atoms with van der Waals surface area (Å²) in [5.74, 6) is -0.569. The molecule has 17 heavy (non-hydrogen) atoms. The van der Waals surface area contributed by atoms with Crippen molar-refractivity contribution in [1.82, 2.24) is 10.8 Å². The largest absolute Gasteiger partial charge is 0.352 e. The van der Waals surface area contributed by atoms with Crippen LogP contribution in [0.2, 0.25) is 0 Å². The van der Waals surface area contributed by atoms with Crippen molar-refractivity contribution < 1.29 is 14.8 Å². The predicted molar refractivity (Wildman–Crippen MR) is 62.1 cm³/mol. The molecule has 0 aromatic heterocycles. The number of rotatable bonds is 6. The molecule has 2 amide bonds. The van der Waals surface area contributed by atoms with Crippen LogP contribution in [0, 0.1) is 0 Å². The number of hydrogen-bond acceptors (Lipinski definition) is 3. The van der Waals surface area contributed by atoms with Gasteiger partial charge in [0.25, 0.3) is 0 Å². The highest BCUT2D eigenvalue weighted by Gasteiger charge is 2.04. The van der Waals surface area contributed by atoms with E-state index >= 15 is 0 Å². The molecule has 1 rings (SSSR count). The van der Waals surface area contributed by atoms with Crippen LogP contribution in [0.4, 0.5) is 0 Å². The molecular formula is C12H16N2O3. The summed E-state index contributed by atoms with van der Waals surface area (Å²) < 4.78 is 0. The molecule has 0 aliphatic carbocycles. The van der Waals surface area contributed by atoms with E-state index in [4.69, 9.17) is 5.21 Å². The van der Waals surface area contributed by atoms with Gasteiger partial charge in [0.05, 0.1) is 0 Å². The summed E-state index contributed by atoms with van der Waals surface area (Å²) in [7, 11) is 0. The van der Waals surface area contributed by atoms with Crippen molar-refractivity contribution in [3.8, 4) is 0 Å². The van der Waals surface area contributed by atoms with Crippen LogP contribution in [0.25, 0.3) is 0 Å². The van der Waals surface area contributed by atoms with Gasteiger partial charge in [-0.1, -0.05) is 30.3 Å². The third-order valence-corrected chi connectivity index (χ3v) is 2.26. The number of hydroxylamine groups is 1. The van der Waals surface area contributed by atoms with Crippen LogP contribution in [0.3, 0.4) is 0 Å². The Kier molecular flexibility index (Phi) is 5.74. The van der Waals surface area contributed by atoms with E-state index in [1.54, 1.807) is 0 Å². The number of benzene rings is 1. The Morgan fingerprint density at radius 1 is 1.06 bits per heavy atom. The van der Waals surface area contributed by atoms with E-state index in [0.29, 0.717) is 13.0 Å². The zero-order chi connectivity index (χ0) is 12.5. The standard InChI is InChI=1S/C12H16N2O3/c15-11(7-4-8-12(16)14-17)13-9-10-5-2-1-3-6-10/h1-3,5-6,17H,4,7-9H2,(H,13,15)(H,14,16). The van der Waals surface area contributed by atoms with Gasteiger partial charge in [-0.3, -0.25) is 14.8 Å². The molecule has 0 aliphatic heterocycles. The summed E-state index contributed by atoms with van der Waals surface area (Å²) in [5, 5.41) is 11.0. The molecule has 3 N–H and O–H groups in total. The summed E-state index contributed by atoms with van der Waals surface area (Å²) in [4.78, 5) is 22.1. The van der Waals surface area contributed by atoms with Gasteiger partial charge in [0.2, 0.25) is 11.8 Å². The molecule has 0 saturated carbocycles. The van der Waals surface area contributed by atoms with Crippen LogP contribution in [0.1, 0.15) is 24.8 Å². The molecule has 0 spiro atoms. The minimum absolute atomic E-state index is 0.0976. The summed E-state index contributed by atoms with van der Waals surface area (Å²) in [6, 6.07) is 9.60. The highest BCUT2D eigenvalue weighted by atomic mass is 16.5. The van der Waals surface area contributed by atoms with E-state index in [1.165, 1.54) is 5.48 Å². The van der Waals surface area contributed by atoms with Crippen molar-refractivity contribution in [2.75, 3.05) is 0 Å². The third kappa shape index (κ3) is 5.67. The molecule has 0 saturated heterocycles. The number of amides is 2. The third-order valence-electron chi connectivity index (χ3n) is 2.26. The maximum atomic E-state index is 11.4. The first kappa shape index (κ1) is 13.2. The smallest absolute Gasteiger partial charge is 0.243 e. The van der Waals surface area contributed by atoms with Crippen LogP contribution < -0.4 is 10.8 Å². The Balaban J connectivity index is 2.16. The first-order chi connectivity index (χ1) is 8.22. The second-order valence-corrected chi connectivity index (χ2v) is 3.65. The van der Waals surface area contributed by atoms with Crippen molar-refractivity contribution >= 4 is 11.8 Å². The monoisotopic (exact) mass is 236 g/mol. The molecule has 0 radical (unpaired) electrons. The molecular weight excluding hydrogens is 220 g/mol. The van der Waals surface area contributed by atoms with Gasteiger partial charge in [0, 0.05) is 19.4 Å². The number of nitrogens with one attached hydrogen (secondary N) is 2. The lowest BCUT2D eigenvalue weighted by Gasteiger charge is -2.04. The topological polar surface area (TPSA) is 78.4 Å². The highest BCUT2D eigenvalue weighted by molar-refractivity contribution is 5.78. The Hall–Kier alpha value is -1.88. The molecule has 1 aromatic rings. The Bertz CT molecular complexity index is 365. The van der Waals surface area contributed by atoms with Crippen LogP contribution in [0.15, 0.2) is 30.3 Å².